The minimum atomic E-state index is -0.788. The van der Waals surface area contributed by atoms with Crippen LogP contribution in [0.1, 0.15) is 22.8 Å². The van der Waals surface area contributed by atoms with Crippen LogP contribution in [0.2, 0.25) is 0 Å². The molecule has 2 N–H and O–H groups in total. The fraction of sp³-hybridized carbons (Fsp3) is 0.0870. The summed E-state index contributed by atoms with van der Waals surface area (Å²) in [7, 11) is 0. The maximum Gasteiger partial charge on any atom is 0.405 e. The summed E-state index contributed by atoms with van der Waals surface area (Å²) < 4.78 is 7.70. The van der Waals surface area contributed by atoms with Crippen molar-refractivity contribution in [3.8, 4) is 0 Å². The van der Waals surface area contributed by atoms with Gasteiger partial charge in [-0.3, -0.25) is 0 Å². The van der Waals surface area contributed by atoms with Crippen LogP contribution in [0.15, 0.2) is 91.1 Å². The standard InChI is InChI=1S/C23H20N2O2/c24-23(26)27-22(18-11-5-2-6-12-18)20-16-25(15-17-9-3-1-4-10-17)21-14-8-7-13-19(20)21/h1-14,16,22H,15H2,(H2,24,26)/t22-/m1/s1. The number of primary amides is 1. The quantitative estimate of drug-likeness (QED) is 0.554. The van der Waals surface area contributed by atoms with E-state index in [1.165, 1.54) is 5.56 Å². The molecular weight excluding hydrogens is 336 g/mol. The van der Waals surface area contributed by atoms with Gasteiger partial charge in [0.2, 0.25) is 0 Å². The monoisotopic (exact) mass is 356 g/mol. The molecule has 27 heavy (non-hydrogen) atoms. The highest BCUT2D eigenvalue weighted by Crippen LogP contribution is 2.33. The second-order valence-corrected chi connectivity index (χ2v) is 6.44. The Morgan fingerprint density at radius 3 is 2.22 bits per heavy atom. The molecule has 0 radical (unpaired) electrons. The molecule has 0 spiro atoms. The van der Waals surface area contributed by atoms with Crippen LogP contribution in [0.25, 0.3) is 10.9 Å². The summed E-state index contributed by atoms with van der Waals surface area (Å²) in [4.78, 5) is 11.6. The first kappa shape index (κ1) is 16.9. The fourth-order valence-electron chi connectivity index (χ4n) is 3.45. The lowest BCUT2D eigenvalue weighted by Crippen LogP contribution is -2.18. The number of fused-ring (bicyclic) bond motifs is 1. The highest BCUT2D eigenvalue weighted by molar-refractivity contribution is 5.85. The minimum absolute atomic E-state index is 0.550. The van der Waals surface area contributed by atoms with E-state index < -0.39 is 12.2 Å². The molecule has 1 aromatic heterocycles. The summed E-state index contributed by atoms with van der Waals surface area (Å²) in [5.41, 5.74) is 9.48. The number of nitrogens with two attached hydrogens (primary N) is 1. The SMILES string of the molecule is NC(=O)O[C@H](c1ccccc1)c1cn(Cc2ccccc2)c2ccccc12. The van der Waals surface area contributed by atoms with Crippen molar-refractivity contribution in [1.82, 2.24) is 4.57 Å². The zero-order valence-corrected chi connectivity index (χ0v) is 14.8. The molecule has 0 bridgehead atoms. The van der Waals surface area contributed by atoms with Crippen LogP contribution in [0.4, 0.5) is 4.79 Å². The lowest BCUT2D eigenvalue weighted by molar-refractivity contribution is 0.127. The summed E-state index contributed by atoms with van der Waals surface area (Å²) in [6, 6.07) is 28.1. The molecule has 4 heteroatoms. The molecule has 0 aliphatic rings. The van der Waals surface area contributed by atoms with E-state index in [0.29, 0.717) is 0 Å². The maximum atomic E-state index is 11.6. The molecule has 0 aliphatic heterocycles. The Bertz CT molecular complexity index is 1060. The highest BCUT2D eigenvalue weighted by Gasteiger charge is 2.22. The van der Waals surface area contributed by atoms with Crippen molar-refractivity contribution < 1.29 is 9.53 Å². The van der Waals surface area contributed by atoms with Gasteiger partial charge in [0.1, 0.15) is 0 Å². The number of ether oxygens (including phenoxy) is 1. The number of rotatable bonds is 5. The molecule has 0 saturated heterocycles. The van der Waals surface area contributed by atoms with Crippen LogP contribution in [0.5, 0.6) is 0 Å². The van der Waals surface area contributed by atoms with E-state index in [2.05, 4.69) is 29.0 Å². The second kappa shape index (κ2) is 7.38. The molecule has 1 amide bonds. The Balaban J connectivity index is 1.83. The highest BCUT2D eigenvalue weighted by atomic mass is 16.6. The largest absolute Gasteiger partial charge is 0.436 e. The number of hydrogen-bond acceptors (Lipinski definition) is 2. The smallest absolute Gasteiger partial charge is 0.405 e. The van der Waals surface area contributed by atoms with Crippen LogP contribution >= 0.6 is 0 Å². The Morgan fingerprint density at radius 2 is 1.52 bits per heavy atom. The average Bonchev–Trinajstić information content (AvgIpc) is 3.06. The third-order valence-electron chi connectivity index (χ3n) is 4.63. The summed E-state index contributed by atoms with van der Waals surface area (Å²) >= 11 is 0. The van der Waals surface area contributed by atoms with Gasteiger partial charge in [0, 0.05) is 29.2 Å². The Hall–Kier alpha value is -3.53. The molecule has 0 aliphatic carbocycles. The van der Waals surface area contributed by atoms with Gasteiger partial charge in [0.05, 0.1) is 0 Å². The molecule has 1 atom stereocenters. The summed E-state index contributed by atoms with van der Waals surface area (Å²) in [6.45, 7) is 0.736. The normalized spacial score (nSPS) is 12.0. The van der Waals surface area contributed by atoms with Crippen LogP contribution in [0.3, 0.4) is 0 Å². The predicted molar refractivity (Wildman–Crippen MR) is 106 cm³/mol. The van der Waals surface area contributed by atoms with E-state index in [-0.39, 0.29) is 0 Å². The summed E-state index contributed by atoms with van der Waals surface area (Å²) in [6.07, 6.45) is 0.715. The molecule has 3 aromatic carbocycles. The lowest BCUT2D eigenvalue weighted by Gasteiger charge is -2.16. The van der Waals surface area contributed by atoms with Crippen LogP contribution < -0.4 is 5.73 Å². The van der Waals surface area contributed by atoms with E-state index in [0.717, 1.165) is 28.6 Å². The van der Waals surface area contributed by atoms with Gasteiger partial charge in [-0.2, -0.15) is 0 Å². The molecule has 134 valence electrons. The van der Waals surface area contributed by atoms with Gasteiger partial charge in [-0.25, -0.2) is 4.79 Å². The molecule has 4 aromatic rings. The zero-order valence-electron chi connectivity index (χ0n) is 14.8. The van der Waals surface area contributed by atoms with Crippen molar-refractivity contribution in [3.63, 3.8) is 0 Å². The van der Waals surface area contributed by atoms with E-state index in [1.807, 2.05) is 66.7 Å². The third-order valence-corrected chi connectivity index (χ3v) is 4.63. The van der Waals surface area contributed by atoms with E-state index >= 15 is 0 Å². The van der Waals surface area contributed by atoms with Crippen molar-refractivity contribution in [2.75, 3.05) is 0 Å². The number of hydrogen-bond donors (Lipinski definition) is 1. The predicted octanol–water partition coefficient (Wildman–Crippen LogP) is 4.87. The molecule has 1 heterocycles. The molecule has 0 saturated carbocycles. The fourth-order valence-corrected chi connectivity index (χ4v) is 3.45. The zero-order chi connectivity index (χ0) is 18.6. The first-order chi connectivity index (χ1) is 13.2. The van der Waals surface area contributed by atoms with Crippen molar-refractivity contribution >= 4 is 17.0 Å². The Kier molecular flexibility index (Phi) is 4.62. The number of amides is 1. The van der Waals surface area contributed by atoms with E-state index in [4.69, 9.17) is 10.5 Å². The van der Waals surface area contributed by atoms with E-state index in [9.17, 15) is 4.79 Å². The van der Waals surface area contributed by atoms with Crippen LogP contribution in [-0.2, 0) is 11.3 Å². The second-order valence-electron chi connectivity index (χ2n) is 6.44. The molecule has 0 unspecified atom stereocenters. The maximum absolute atomic E-state index is 11.6. The average molecular weight is 356 g/mol. The molecule has 4 rings (SSSR count). The number of nitrogens with zero attached hydrogens (tertiary/aromatic N) is 1. The first-order valence-corrected chi connectivity index (χ1v) is 8.85. The number of carbonyl (C=O) groups is 1. The van der Waals surface area contributed by atoms with E-state index in [1.54, 1.807) is 0 Å². The van der Waals surface area contributed by atoms with Crippen LogP contribution in [-0.4, -0.2) is 10.7 Å². The van der Waals surface area contributed by atoms with Gasteiger partial charge in [-0.15, -0.1) is 0 Å². The Labute approximate surface area is 157 Å². The van der Waals surface area contributed by atoms with Gasteiger partial charge in [0.25, 0.3) is 0 Å². The van der Waals surface area contributed by atoms with Gasteiger partial charge in [0.15, 0.2) is 6.10 Å². The number of benzene rings is 3. The van der Waals surface area contributed by atoms with Gasteiger partial charge in [-0.05, 0) is 17.2 Å². The van der Waals surface area contributed by atoms with Gasteiger partial charge >= 0.3 is 6.09 Å². The van der Waals surface area contributed by atoms with Crippen molar-refractivity contribution in [2.45, 2.75) is 12.6 Å². The van der Waals surface area contributed by atoms with Crippen molar-refractivity contribution in [2.24, 2.45) is 5.73 Å². The topological polar surface area (TPSA) is 57.3 Å². The Morgan fingerprint density at radius 1 is 0.889 bits per heavy atom. The number of para-hydroxylation sites is 1. The number of aromatic nitrogens is 1. The van der Waals surface area contributed by atoms with Gasteiger partial charge < -0.3 is 15.0 Å². The molecule has 4 nitrogen and oxygen atoms in total. The minimum Gasteiger partial charge on any atom is -0.436 e. The molecule has 0 fully saturated rings. The summed E-state index contributed by atoms with van der Waals surface area (Å²) in [5.74, 6) is 0. The lowest BCUT2D eigenvalue weighted by atomic mass is 10.0. The summed E-state index contributed by atoms with van der Waals surface area (Å²) in [5, 5.41) is 1.04. The van der Waals surface area contributed by atoms with Gasteiger partial charge in [-0.1, -0.05) is 78.9 Å². The van der Waals surface area contributed by atoms with Crippen molar-refractivity contribution in [3.05, 3.63) is 108 Å². The third kappa shape index (κ3) is 3.55. The first-order valence-electron chi connectivity index (χ1n) is 8.85. The van der Waals surface area contributed by atoms with Crippen molar-refractivity contribution in [1.29, 1.82) is 0 Å². The van der Waals surface area contributed by atoms with Crippen LogP contribution in [0, 0.1) is 0 Å². The number of carbonyl (C=O) groups excluding carboxylic acids is 1. The molecular formula is C23H20N2O2.